The summed E-state index contributed by atoms with van der Waals surface area (Å²) in [7, 11) is 0. The molecule has 7 heteroatoms. The summed E-state index contributed by atoms with van der Waals surface area (Å²) in [5, 5.41) is 9.77. The zero-order chi connectivity index (χ0) is 16.1. The number of aromatic nitrogens is 3. The van der Waals surface area contributed by atoms with E-state index in [9.17, 15) is 4.79 Å². The van der Waals surface area contributed by atoms with Gasteiger partial charge in [0.05, 0.1) is 12.6 Å². The average molecular weight is 366 g/mol. The van der Waals surface area contributed by atoms with Crippen molar-refractivity contribution in [3.63, 3.8) is 0 Å². The van der Waals surface area contributed by atoms with E-state index >= 15 is 0 Å². The molecule has 1 aromatic heterocycles. The molecule has 0 saturated heterocycles. The number of nitrogens with zero attached hydrogens (tertiary/aromatic N) is 2. The fourth-order valence-corrected chi connectivity index (χ4v) is 2.17. The van der Waals surface area contributed by atoms with Gasteiger partial charge in [-0.2, -0.15) is 5.10 Å². The van der Waals surface area contributed by atoms with Gasteiger partial charge in [0.15, 0.2) is 5.82 Å². The summed E-state index contributed by atoms with van der Waals surface area (Å²) < 4.78 is 0.998. The molecule has 22 heavy (non-hydrogen) atoms. The summed E-state index contributed by atoms with van der Waals surface area (Å²) in [6.45, 7) is 4.26. The molecule has 1 heterocycles. The average Bonchev–Trinajstić information content (AvgIpc) is 3.00. The molecule has 1 aromatic carbocycles. The number of benzene rings is 1. The predicted octanol–water partition coefficient (Wildman–Crippen LogP) is 2.22. The van der Waals surface area contributed by atoms with Gasteiger partial charge in [-0.15, -0.1) is 0 Å². The van der Waals surface area contributed by atoms with E-state index in [2.05, 4.69) is 36.4 Å². The topological polar surface area (TPSA) is 96.7 Å². The van der Waals surface area contributed by atoms with E-state index in [1.54, 1.807) is 0 Å². The Labute approximate surface area is 138 Å². The highest BCUT2D eigenvalue weighted by atomic mass is 79.9. The number of hydrogen-bond acceptors (Lipinski definition) is 4. The van der Waals surface area contributed by atoms with Crippen LogP contribution in [0.2, 0.25) is 0 Å². The maximum absolute atomic E-state index is 11.9. The van der Waals surface area contributed by atoms with Crippen LogP contribution in [0.5, 0.6) is 0 Å². The number of H-pyrrole nitrogens is 1. The second-order valence-corrected chi connectivity index (χ2v) is 6.16. The van der Waals surface area contributed by atoms with Gasteiger partial charge in [0.1, 0.15) is 5.82 Å². The molecular weight excluding hydrogens is 346 g/mol. The van der Waals surface area contributed by atoms with E-state index in [-0.39, 0.29) is 18.4 Å². The zero-order valence-corrected chi connectivity index (χ0v) is 14.2. The molecule has 0 aliphatic carbocycles. The smallest absolute Gasteiger partial charge is 0.237 e. The number of nitrogens with one attached hydrogen (secondary N) is 2. The van der Waals surface area contributed by atoms with Crippen molar-refractivity contribution in [2.45, 2.75) is 32.9 Å². The van der Waals surface area contributed by atoms with Crippen LogP contribution in [0.4, 0.5) is 0 Å². The number of carbonyl (C=O) groups excluding carboxylic acids is 1. The predicted molar refractivity (Wildman–Crippen MR) is 88.8 cm³/mol. The van der Waals surface area contributed by atoms with Crippen molar-refractivity contribution < 1.29 is 4.79 Å². The summed E-state index contributed by atoms with van der Waals surface area (Å²) in [6.07, 6.45) is 0.866. The van der Waals surface area contributed by atoms with E-state index in [4.69, 9.17) is 5.73 Å². The quantitative estimate of drug-likeness (QED) is 0.730. The fraction of sp³-hybridized carbons (Fsp3) is 0.400. The standard InChI is InChI=1S/C15H20BrN5O/c1-3-9(2)13(17)15(22)18-8-12-19-14(21-20-12)10-4-6-11(16)7-5-10/h4-7,9,13H,3,8,17H2,1-2H3,(H,18,22)(H,19,20,21). The molecule has 0 saturated carbocycles. The molecule has 4 N–H and O–H groups in total. The number of amides is 1. The van der Waals surface area contributed by atoms with Crippen LogP contribution in [0.3, 0.4) is 0 Å². The minimum absolute atomic E-state index is 0.146. The highest BCUT2D eigenvalue weighted by Crippen LogP contribution is 2.18. The van der Waals surface area contributed by atoms with Gasteiger partial charge in [-0.1, -0.05) is 48.3 Å². The lowest BCUT2D eigenvalue weighted by Crippen LogP contribution is -2.44. The second-order valence-electron chi connectivity index (χ2n) is 5.24. The zero-order valence-electron chi connectivity index (χ0n) is 12.6. The Kier molecular flexibility index (Phi) is 5.68. The van der Waals surface area contributed by atoms with E-state index in [1.807, 2.05) is 38.1 Å². The van der Waals surface area contributed by atoms with E-state index in [1.165, 1.54) is 0 Å². The summed E-state index contributed by atoms with van der Waals surface area (Å²) in [4.78, 5) is 16.3. The number of halogens is 1. The monoisotopic (exact) mass is 365 g/mol. The van der Waals surface area contributed by atoms with Crippen LogP contribution in [0.25, 0.3) is 11.4 Å². The summed E-state index contributed by atoms with van der Waals surface area (Å²) in [5.74, 6) is 1.18. The van der Waals surface area contributed by atoms with Crippen molar-refractivity contribution >= 4 is 21.8 Å². The van der Waals surface area contributed by atoms with Gasteiger partial charge >= 0.3 is 0 Å². The molecular formula is C15H20BrN5O. The lowest BCUT2D eigenvalue weighted by Gasteiger charge is -2.17. The molecule has 0 spiro atoms. The second kappa shape index (κ2) is 7.51. The summed E-state index contributed by atoms with van der Waals surface area (Å²) in [5.41, 5.74) is 6.79. The van der Waals surface area contributed by atoms with Crippen LogP contribution in [0.1, 0.15) is 26.1 Å². The molecule has 2 rings (SSSR count). The Morgan fingerprint density at radius 3 is 2.73 bits per heavy atom. The van der Waals surface area contributed by atoms with Crippen molar-refractivity contribution in [1.82, 2.24) is 20.5 Å². The van der Waals surface area contributed by atoms with Crippen molar-refractivity contribution in [2.75, 3.05) is 0 Å². The Morgan fingerprint density at radius 2 is 2.09 bits per heavy atom. The Morgan fingerprint density at radius 1 is 1.41 bits per heavy atom. The molecule has 0 radical (unpaired) electrons. The molecule has 1 amide bonds. The van der Waals surface area contributed by atoms with Crippen molar-refractivity contribution in [3.05, 3.63) is 34.6 Å². The molecule has 0 aliphatic heterocycles. The maximum atomic E-state index is 11.9. The van der Waals surface area contributed by atoms with Crippen LogP contribution in [0.15, 0.2) is 28.7 Å². The van der Waals surface area contributed by atoms with Gasteiger partial charge in [-0.3, -0.25) is 9.89 Å². The van der Waals surface area contributed by atoms with Gasteiger partial charge < -0.3 is 11.1 Å². The number of aromatic amines is 1. The van der Waals surface area contributed by atoms with Gasteiger partial charge in [0, 0.05) is 10.0 Å². The molecule has 6 nitrogen and oxygen atoms in total. The first kappa shape index (κ1) is 16.6. The molecule has 2 aromatic rings. The minimum Gasteiger partial charge on any atom is -0.347 e. The lowest BCUT2D eigenvalue weighted by atomic mass is 9.99. The number of nitrogens with two attached hydrogens (primary N) is 1. The SMILES string of the molecule is CCC(C)C(N)C(=O)NCc1nc(-c2ccc(Br)cc2)n[nH]1. The Balaban J connectivity index is 1.95. The Hall–Kier alpha value is -1.73. The normalized spacial score (nSPS) is 13.6. The fourth-order valence-electron chi connectivity index (χ4n) is 1.90. The van der Waals surface area contributed by atoms with Gasteiger partial charge in [-0.05, 0) is 18.1 Å². The summed E-state index contributed by atoms with van der Waals surface area (Å²) >= 11 is 3.39. The van der Waals surface area contributed by atoms with Crippen LogP contribution in [0, 0.1) is 5.92 Å². The summed E-state index contributed by atoms with van der Waals surface area (Å²) in [6, 6.07) is 7.21. The van der Waals surface area contributed by atoms with Gasteiger partial charge in [0.2, 0.25) is 5.91 Å². The first-order valence-electron chi connectivity index (χ1n) is 7.21. The van der Waals surface area contributed by atoms with Crippen LogP contribution in [-0.2, 0) is 11.3 Å². The molecule has 0 fully saturated rings. The first-order valence-corrected chi connectivity index (χ1v) is 8.01. The molecule has 2 unspecified atom stereocenters. The third kappa shape index (κ3) is 4.14. The van der Waals surface area contributed by atoms with E-state index in [0.717, 1.165) is 16.5 Å². The van der Waals surface area contributed by atoms with Crippen LogP contribution in [-0.4, -0.2) is 27.1 Å². The largest absolute Gasteiger partial charge is 0.347 e. The Bertz CT molecular complexity index is 625. The first-order chi connectivity index (χ1) is 10.5. The third-order valence-electron chi connectivity index (χ3n) is 3.62. The lowest BCUT2D eigenvalue weighted by molar-refractivity contribution is -0.123. The number of carbonyl (C=O) groups is 1. The van der Waals surface area contributed by atoms with Crippen LogP contribution >= 0.6 is 15.9 Å². The molecule has 0 aliphatic rings. The molecule has 0 bridgehead atoms. The van der Waals surface area contributed by atoms with Crippen LogP contribution < -0.4 is 11.1 Å². The minimum atomic E-state index is -0.501. The van der Waals surface area contributed by atoms with Crippen molar-refractivity contribution in [1.29, 1.82) is 0 Å². The van der Waals surface area contributed by atoms with Crippen molar-refractivity contribution in [3.8, 4) is 11.4 Å². The van der Waals surface area contributed by atoms with Crippen molar-refractivity contribution in [2.24, 2.45) is 11.7 Å². The maximum Gasteiger partial charge on any atom is 0.237 e. The van der Waals surface area contributed by atoms with E-state index < -0.39 is 6.04 Å². The highest BCUT2D eigenvalue weighted by Gasteiger charge is 2.19. The van der Waals surface area contributed by atoms with Gasteiger partial charge in [0.25, 0.3) is 0 Å². The number of hydrogen-bond donors (Lipinski definition) is 3. The highest BCUT2D eigenvalue weighted by molar-refractivity contribution is 9.10. The van der Waals surface area contributed by atoms with Gasteiger partial charge in [-0.25, -0.2) is 4.98 Å². The molecule has 118 valence electrons. The number of rotatable bonds is 6. The molecule has 2 atom stereocenters. The third-order valence-corrected chi connectivity index (χ3v) is 4.15. The van der Waals surface area contributed by atoms with E-state index in [0.29, 0.717) is 11.6 Å².